The number of hydrogen-bond acceptors (Lipinski definition) is 2. The van der Waals surface area contributed by atoms with Gasteiger partial charge in [0.2, 0.25) is 0 Å². The highest BCUT2D eigenvalue weighted by Crippen LogP contribution is 2.38. The Labute approximate surface area is 147 Å². The van der Waals surface area contributed by atoms with E-state index in [-0.39, 0.29) is 5.92 Å². The molecule has 2 heterocycles. The van der Waals surface area contributed by atoms with Gasteiger partial charge in [-0.05, 0) is 43.5 Å². The van der Waals surface area contributed by atoms with E-state index in [4.69, 9.17) is 11.5 Å². The van der Waals surface area contributed by atoms with Crippen molar-refractivity contribution in [3.05, 3.63) is 58.9 Å². The standard InChI is InChI=1S/C21H24N4/c1-4-13(18-11(2)14-7-5-9-16(22)20(14)24-18)19-12(3)15-8-6-10-17(23)21(15)25-19/h5-10,13,24-25H,4,22-23H2,1-3H3. The summed E-state index contributed by atoms with van der Waals surface area (Å²) in [5.74, 6) is 0.249. The lowest BCUT2D eigenvalue weighted by Crippen LogP contribution is -2.04. The zero-order valence-electron chi connectivity index (χ0n) is 14.9. The highest BCUT2D eigenvalue weighted by Gasteiger charge is 2.23. The topological polar surface area (TPSA) is 83.6 Å². The largest absolute Gasteiger partial charge is 0.397 e. The lowest BCUT2D eigenvalue weighted by molar-refractivity contribution is 0.729. The highest BCUT2D eigenvalue weighted by atomic mass is 14.8. The van der Waals surface area contributed by atoms with E-state index in [0.717, 1.165) is 28.8 Å². The predicted octanol–water partition coefficient (Wildman–Crippen LogP) is 4.97. The number of aromatic nitrogens is 2. The van der Waals surface area contributed by atoms with E-state index in [2.05, 4.69) is 42.9 Å². The molecule has 0 unspecified atom stereocenters. The van der Waals surface area contributed by atoms with Gasteiger partial charge in [-0.25, -0.2) is 0 Å². The summed E-state index contributed by atoms with van der Waals surface area (Å²) < 4.78 is 0. The van der Waals surface area contributed by atoms with Crippen molar-refractivity contribution in [3.63, 3.8) is 0 Å². The summed E-state index contributed by atoms with van der Waals surface area (Å²) in [6.07, 6.45) is 0.987. The third-order valence-corrected chi connectivity index (χ3v) is 5.43. The lowest BCUT2D eigenvalue weighted by atomic mass is 9.92. The van der Waals surface area contributed by atoms with Crippen LogP contribution in [0.4, 0.5) is 11.4 Å². The summed E-state index contributed by atoms with van der Waals surface area (Å²) in [7, 11) is 0. The van der Waals surface area contributed by atoms with Gasteiger partial charge >= 0.3 is 0 Å². The molecule has 4 aromatic rings. The SMILES string of the molecule is CCC(c1[nH]c2c(N)cccc2c1C)c1[nH]c2c(N)cccc2c1C. The van der Waals surface area contributed by atoms with Gasteiger partial charge in [0.25, 0.3) is 0 Å². The van der Waals surface area contributed by atoms with Crippen molar-refractivity contribution in [1.29, 1.82) is 0 Å². The molecular formula is C21H24N4. The fraction of sp³-hybridized carbons (Fsp3) is 0.238. The minimum absolute atomic E-state index is 0.249. The van der Waals surface area contributed by atoms with E-state index in [1.54, 1.807) is 0 Å². The Hall–Kier alpha value is -2.88. The average Bonchev–Trinajstić information content (AvgIpc) is 3.11. The number of aryl methyl sites for hydroxylation is 2. The maximum atomic E-state index is 6.17. The summed E-state index contributed by atoms with van der Waals surface area (Å²) >= 11 is 0. The number of nitrogen functional groups attached to an aromatic ring is 2. The molecular weight excluding hydrogens is 308 g/mol. The van der Waals surface area contributed by atoms with Crippen LogP contribution < -0.4 is 11.5 Å². The Balaban J connectivity index is 1.95. The number of hydrogen-bond donors (Lipinski definition) is 4. The third-order valence-electron chi connectivity index (χ3n) is 5.43. The Morgan fingerprint density at radius 3 is 1.60 bits per heavy atom. The highest BCUT2D eigenvalue weighted by molar-refractivity contribution is 5.95. The minimum atomic E-state index is 0.249. The first-order valence-electron chi connectivity index (χ1n) is 8.76. The number of fused-ring (bicyclic) bond motifs is 2. The Kier molecular flexibility index (Phi) is 3.49. The van der Waals surface area contributed by atoms with Gasteiger partial charge in [-0.15, -0.1) is 0 Å². The number of H-pyrrole nitrogens is 2. The van der Waals surface area contributed by atoms with Crippen LogP contribution in [0.1, 0.15) is 41.8 Å². The maximum absolute atomic E-state index is 6.17. The zero-order valence-corrected chi connectivity index (χ0v) is 14.9. The first kappa shape index (κ1) is 15.6. The van der Waals surface area contributed by atoms with Crippen LogP contribution in [0, 0.1) is 13.8 Å². The second kappa shape index (κ2) is 5.59. The first-order chi connectivity index (χ1) is 12.0. The molecule has 4 nitrogen and oxygen atoms in total. The van der Waals surface area contributed by atoms with Crippen LogP contribution in [0.15, 0.2) is 36.4 Å². The van der Waals surface area contributed by atoms with Crippen molar-refractivity contribution in [1.82, 2.24) is 9.97 Å². The fourth-order valence-corrected chi connectivity index (χ4v) is 4.04. The Bertz CT molecular complexity index is 998. The Morgan fingerprint density at radius 1 is 0.800 bits per heavy atom. The smallest absolute Gasteiger partial charge is 0.0692 e. The van der Waals surface area contributed by atoms with Gasteiger partial charge in [0.15, 0.2) is 0 Å². The molecule has 0 spiro atoms. The molecule has 0 atom stereocenters. The van der Waals surface area contributed by atoms with Gasteiger partial charge in [0.05, 0.1) is 22.4 Å². The molecule has 2 aromatic heterocycles. The number of rotatable bonds is 3. The molecule has 25 heavy (non-hydrogen) atoms. The van der Waals surface area contributed by atoms with E-state index in [1.165, 1.54) is 33.3 Å². The molecule has 0 saturated carbocycles. The number of aromatic amines is 2. The Morgan fingerprint density at radius 2 is 1.24 bits per heavy atom. The lowest BCUT2D eigenvalue weighted by Gasteiger charge is -2.15. The van der Waals surface area contributed by atoms with Gasteiger partial charge in [0, 0.05) is 28.1 Å². The van der Waals surface area contributed by atoms with Crippen molar-refractivity contribution in [2.24, 2.45) is 0 Å². The molecule has 0 aliphatic heterocycles. The average molecular weight is 332 g/mol. The number of nitrogens with two attached hydrogens (primary N) is 2. The number of para-hydroxylation sites is 2. The van der Waals surface area contributed by atoms with Gasteiger partial charge in [-0.3, -0.25) is 0 Å². The van der Waals surface area contributed by atoms with Crippen LogP contribution in [0.5, 0.6) is 0 Å². The fourth-order valence-electron chi connectivity index (χ4n) is 4.04. The van der Waals surface area contributed by atoms with Gasteiger partial charge in [0.1, 0.15) is 0 Å². The van der Waals surface area contributed by atoms with Gasteiger partial charge in [-0.2, -0.15) is 0 Å². The molecule has 4 heteroatoms. The van der Waals surface area contributed by atoms with Crippen LogP contribution in [0.3, 0.4) is 0 Å². The molecule has 128 valence electrons. The third kappa shape index (κ3) is 2.21. The van der Waals surface area contributed by atoms with E-state index in [9.17, 15) is 0 Å². The van der Waals surface area contributed by atoms with Crippen molar-refractivity contribution in [2.45, 2.75) is 33.1 Å². The maximum Gasteiger partial charge on any atom is 0.0692 e. The van der Waals surface area contributed by atoms with Crippen LogP contribution in [-0.4, -0.2) is 9.97 Å². The van der Waals surface area contributed by atoms with E-state index < -0.39 is 0 Å². The monoisotopic (exact) mass is 332 g/mol. The second-order valence-corrected chi connectivity index (χ2v) is 6.83. The number of nitrogens with one attached hydrogen (secondary N) is 2. The quantitative estimate of drug-likeness (QED) is 0.399. The molecule has 0 aliphatic carbocycles. The molecule has 4 rings (SSSR count). The minimum Gasteiger partial charge on any atom is -0.397 e. The van der Waals surface area contributed by atoms with Crippen molar-refractivity contribution in [3.8, 4) is 0 Å². The van der Waals surface area contributed by atoms with Crippen molar-refractivity contribution < 1.29 is 0 Å². The van der Waals surface area contributed by atoms with Gasteiger partial charge < -0.3 is 21.4 Å². The summed E-state index contributed by atoms with van der Waals surface area (Å²) in [6, 6.07) is 12.2. The van der Waals surface area contributed by atoms with E-state index in [1.807, 2.05) is 24.3 Å². The molecule has 0 saturated heterocycles. The number of anilines is 2. The van der Waals surface area contributed by atoms with Crippen molar-refractivity contribution in [2.75, 3.05) is 11.5 Å². The molecule has 0 radical (unpaired) electrons. The number of benzene rings is 2. The second-order valence-electron chi connectivity index (χ2n) is 6.83. The van der Waals surface area contributed by atoms with E-state index >= 15 is 0 Å². The molecule has 0 bridgehead atoms. The van der Waals surface area contributed by atoms with Crippen LogP contribution in [0.25, 0.3) is 21.8 Å². The zero-order chi connectivity index (χ0) is 17.7. The first-order valence-corrected chi connectivity index (χ1v) is 8.76. The molecule has 0 fully saturated rings. The molecule has 2 aromatic carbocycles. The molecule has 0 aliphatic rings. The summed E-state index contributed by atoms with van der Waals surface area (Å²) in [4.78, 5) is 7.18. The summed E-state index contributed by atoms with van der Waals surface area (Å²) in [5.41, 5.74) is 21.0. The van der Waals surface area contributed by atoms with Crippen LogP contribution in [-0.2, 0) is 0 Å². The van der Waals surface area contributed by atoms with Crippen LogP contribution >= 0.6 is 0 Å². The summed E-state index contributed by atoms with van der Waals surface area (Å²) in [5, 5.41) is 2.39. The molecule has 6 N–H and O–H groups in total. The normalized spacial score (nSPS) is 11.8. The summed E-state index contributed by atoms with van der Waals surface area (Å²) in [6.45, 7) is 6.55. The molecule has 0 amide bonds. The van der Waals surface area contributed by atoms with Gasteiger partial charge in [-0.1, -0.05) is 31.2 Å². The predicted molar refractivity (Wildman–Crippen MR) is 107 cm³/mol. The van der Waals surface area contributed by atoms with Crippen LogP contribution in [0.2, 0.25) is 0 Å². The van der Waals surface area contributed by atoms with E-state index in [0.29, 0.717) is 0 Å². The van der Waals surface area contributed by atoms with Crippen molar-refractivity contribution >= 4 is 33.2 Å².